The Kier molecular flexibility index (Phi) is 3.50. The molecule has 2 bridgehead atoms. The lowest BCUT2D eigenvalue weighted by Gasteiger charge is -2.29. The Morgan fingerprint density at radius 1 is 1.20 bits per heavy atom. The van der Waals surface area contributed by atoms with Crippen molar-refractivity contribution in [2.45, 2.75) is 37.5 Å². The first kappa shape index (κ1) is 13.9. The number of piperidine rings is 1. The van der Waals surface area contributed by atoms with E-state index in [4.69, 9.17) is 5.73 Å². The highest BCUT2D eigenvalue weighted by atomic mass is 19.4. The molecule has 0 radical (unpaired) electrons. The fourth-order valence-corrected chi connectivity index (χ4v) is 3.53. The van der Waals surface area contributed by atoms with E-state index in [0.717, 1.165) is 36.7 Å². The largest absolute Gasteiger partial charge is 0.416 e. The third kappa shape index (κ3) is 2.69. The third-order valence-corrected chi connectivity index (χ3v) is 4.62. The molecular formula is C15H19F3N2. The van der Waals surface area contributed by atoms with Crippen LogP contribution in [0.1, 0.15) is 36.4 Å². The lowest BCUT2D eigenvalue weighted by Crippen LogP contribution is -2.37. The van der Waals surface area contributed by atoms with Gasteiger partial charge in [0.15, 0.2) is 0 Å². The van der Waals surface area contributed by atoms with Crippen molar-refractivity contribution in [2.75, 3.05) is 13.1 Å². The number of likely N-dealkylation sites (tertiary alicyclic amines) is 1. The SMILES string of the molecule is NC(CN1CC2CCC1C2)c1ccc(C(F)(F)F)cc1. The van der Waals surface area contributed by atoms with Gasteiger partial charge in [0, 0.05) is 25.2 Å². The Bertz CT molecular complexity index is 469. The second-order valence-corrected chi connectivity index (χ2v) is 6.01. The zero-order valence-electron chi connectivity index (χ0n) is 11.2. The number of nitrogens with two attached hydrogens (primary N) is 1. The van der Waals surface area contributed by atoms with Crippen molar-refractivity contribution in [3.63, 3.8) is 0 Å². The van der Waals surface area contributed by atoms with Crippen molar-refractivity contribution in [2.24, 2.45) is 11.7 Å². The first-order valence-corrected chi connectivity index (χ1v) is 7.10. The smallest absolute Gasteiger partial charge is 0.323 e. The maximum Gasteiger partial charge on any atom is 0.416 e. The van der Waals surface area contributed by atoms with Gasteiger partial charge in [-0.15, -0.1) is 0 Å². The van der Waals surface area contributed by atoms with E-state index in [1.54, 1.807) is 0 Å². The minimum absolute atomic E-state index is 0.211. The van der Waals surface area contributed by atoms with Gasteiger partial charge in [0.25, 0.3) is 0 Å². The van der Waals surface area contributed by atoms with E-state index in [0.29, 0.717) is 6.04 Å². The monoisotopic (exact) mass is 284 g/mol. The van der Waals surface area contributed by atoms with E-state index >= 15 is 0 Å². The quantitative estimate of drug-likeness (QED) is 0.923. The highest BCUT2D eigenvalue weighted by molar-refractivity contribution is 5.27. The second kappa shape index (κ2) is 5.04. The first-order valence-electron chi connectivity index (χ1n) is 7.10. The molecule has 1 heterocycles. The summed E-state index contributed by atoms with van der Waals surface area (Å²) in [6.07, 6.45) is -0.461. The topological polar surface area (TPSA) is 29.3 Å². The Hall–Kier alpha value is -1.07. The zero-order chi connectivity index (χ0) is 14.3. The van der Waals surface area contributed by atoms with Crippen LogP contribution in [0, 0.1) is 5.92 Å². The number of fused-ring (bicyclic) bond motifs is 2. The molecule has 1 saturated heterocycles. The van der Waals surface area contributed by atoms with Gasteiger partial charge >= 0.3 is 6.18 Å². The number of hydrogen-bond acceptors (Lipinski definition) is 2. The standard InChI is InChI=1S/C15H19F3N2/c16-15(17,18)12-4-2-11(3-5-12)14(19)9-20-8-10-1-6-13(20)7-10/h2-5,10,13-14H,1,6-9,19H2. The number of benzene rings is 1. The minimum Gasteiger partial charge on any atom is -0.323 e. The average Bonchev–Trinajstić information content (AvgIpc) is 3.00. The van der Waals surface area contributed by atoms with E-state index in [-0.39, 0.29) is 6.04 Å². The van der Waals surface area contributed by atoms with Crippen molar-refractivity contribution >= 4 is 0 Å². The fraction of sp³-hybridized carbons (Fsp3) is 0.600. The number of nitrogens with zero attached hydrogens (tertiary/aromatic N) is 1. The van der Waals surface area contributed by atoms with Gasteiger partial charge in [-0.2, -0.15) is 13.2 Å². The van der Waals surface area contributed by atoms with Crippen molar-refractivity contribution in [1.29, 1.82) is 0 Å². The molecule has 0 amide bonds. The third-order valence-electron chi connectivity index (χ3n) is 4.62. The molecule has 5 heteroatoms. The summed E-state index contributed by atoms with van der Waals surface area (Å²) in [4.78, 5) is 2.40. The van der Waals surface area contributed by atoms with Gasteiger partial charge in [0.05, 0.1) is 5.56 Å². The van der Waals surface area contributed by atoms with Crippen LogP contribution >= 0.6 is 0 Å². The molecule has 2 aliphatic rings. The lowest BCUT2D eigenvalue weighted by molar-refractivity contribution is -0.137. The molecule has 0 aromatic heterocycles. The summed E-state index contributed by atoms with van der Waals surface area (Å²) in [7, 11) is 0. The Morgan fingerprint density at radius 2 is 1.90 bits per heavy atom. The van der Waals surface area contributed by atoms with Gasteiger partial charge in [-0.3, -0.25) is 4.90 Å². The molecule has 1 aromatic rings. The van der Waals surface area contributed by atoms with Crippen LogP contribution in [0.25, 0.3) is 0 Å². The highest BCUT2D eigenvalue weighted by Gasteiger charge is 2.38. The van der Waals surface area contributed by atoms with Crippen LogP contribution < -0.4 is 5.73 Å². The number of halogens is 3. The van der Waals surface area contributed by atoms with E-state index in [1.165, 1.54) is 31.4 Å². The van der Waals surface area contributed by atoms with E-state index < -0.39 is 11.7 Å². The van der Waals surface area contributed by atoms with Crippen LogP contribution in [0.5, 0.6) is 0 Å². The number of hydrogen-bond donors (Lipinski definition) is 1. The van der Waals surface area contributed by atoms with Crippen LogP contribution in [-0.4, -0.2) is 24.0 Å². The van der Waals surface area contributed by atoms with Crippen molar-refractivity contribution < 1.29 is 13.2 Å². The molecule has 1 saturated carbocycles. The average molecular weight is 284 g/mol. The van der Waals surface area contributed by atoms with E-state index in [9.17, 15) is 13.2 Å². The van der Waals surface area contributed by atoms with Gasteiger partial charge in [-0.05, 0) is 42.9 Å². The summed E-state index contributed by atoms with van der Waals surface area (Å²) in [5.41, 5.74) is 6.30. The molecule has 0 spiro atoms. The Balaban J connectivity index is 1.64. The number of rotatable bonds is 3. The molecule has 110 valence electrons. The molecule has 20 heavy (non-hydrogen) atoms. The molecular weight excluding hydrogens is 265 g/mol. The van der Waals surface area contributed by atoms with Gasteiger partial charge in [0.1, 0.15) is 0 Å². The first-order chi connectivity index (χ1) is 9.43. The minimum atomic E-state index is -4.28. The van der Waals surface area contributed by atoms with Crippen LogP contribution in [0.15, 0.2) is 24.3 Å². The molecule has 1 aliphatic heterocycles. The second-order valence-electron chi connectivity index (χ2n) is 6.01. The summed E-state index contributed by atoms with van der Waals surface area (Å²) in [5.74, 6) is 0.805. The summed E-state index contributed by atoms with van der Waals surface area (Å²) in [6.45, 7) is 1.84. The normalized spacial score (nSPS) is 28.0. The Morgan fingerprint density at radius 3 is 2.40 bits per heavy atom. The molecule has 1 aliphatic carbocycles. The lowest BCUT2D eigenvalue weighted by atomic mass is 10.0. The Labute approximate surface area is 116 Å². The van der Waals surface area contributed by atoms with Crippen LogP contribution in [0.3, 0.4) is 0 Å². The molecule has 3 atom stereocenters. The maximum atomic E-state index is 12.5. The van der Waals surface area contributed by atoms with Crippen LogP contribution in [0.2, 0.25) is 0 Å². The van der Waals surface area contributed by atoms with Gasteiger partial charge in [-0.25, -0.2) is 0 Å². The van der Waals surface area contributed by atoms with E-state index in [2.05, 4.69) is 4.90 Å². The van der Waals surface area contributed by atoms with E-state index in [1.807, 2.05) is 0 Å². The molecule has 2 nitrogen and oxygen atoms in total. The van der Waals surface area contributed by atoms with Crippen molar-refractivity contribution in [3.05, 3.63) is 35.4 Å². The molecule has 2 N–H and O–H groups in total. The summed E-state index contributed by atoms with van der Waals surface area (Å²) in [5, 5.41) is 0. The fourth-order valence-electron chi connectivity index (χ4n) is 3.53. The highest BCUT2D eigenvalue weighted by Crippen LogP contribution is 2.38. The number of alkyl halides is 3. The zero-order valence-corrected chi connectivity index (χ0v) is 11.2. The molecule has 1 aromatic carbocycles. The predicted octanol–water partition coefficient (Wildman–Crippen LogP) is 3.19. The van der Waals surface area contributed by atoms with Gasteiger partial charge < -0.3 is 5.73 Å². The van der Waals surface area contributed by atoms with Gasteiger partial charge in [0.2, 0.25) is 0 Å². The maximum absolute atomic E-state index is 12.5. The van der Waals surface area contributed by atoms with Crippen molar-refractivity contribution in [1.82, 2.24) is 4.90 Å². The predicted molar refractivity (Wildman–Crippen MR) is 71.1 cm³/mol. The molecule has 3 rings (SSSR count). The van der Waals surface area contributed by atoms with Gasteiger partial charge in [-0.1, -0.05) is 12.1 Å². The summed E-state index contributed by atoms with van der Waals surface area (Å²) in [6, 6.07) is 5.66. The summed E-state index contributed by atoms with van der Waals surface area (Å²) < 4.78 is 37.5. The van der Waals surface area contributed by atoms with Crippen LogP contribution in [-0.2, 0) is 6.18 Å². The molecule has 3 unspecified atom stereocenters. The molecule has 2 fully saturated rings. The van der Waals surface area contributed by atoms with Crippen molar-refractivity contribution in [3.8, 4) is 0 Å². The van der Waals surface area contributed by atoms with Crippen LogP contribution in [0.4, 0.5) is 13.2 Å². The summed E-state index contributed by atoms with van der Waals surface area (Å²) >= 11 is 0.